The number of nitro groups is 1. The summed E-state index contributed by atoms with van der Waals surface area (Å²) in [5, 5.41) is 10.9. The molecule has 1 aliphatic rings. The van der Waals surface area contributed by atoms with E-state index >= 15 is 0 Å². The molecule has 1 fully saturated rings. The van der Waals surface area contributed by atoms with Gasteiger partial charge in [0.1, 0.15) is 5.82 Å². The minimum atomic E-state index is -0.730. The van der Waals surface area contributed by atoms with Gasteiger partial charge in [-0.15, -0.1) is 0 Å². The molecule has 130 valence electrons. The van der Waals surface area contributed by atoms with Gasteiger partial charge in [0.25, 0.3) is 0 Å². The molecule has 1 amide bonds. The Morgan fingerprint density at radius 2 is 1.96 bits per heavy atom. The monoisotopic (exact) mass is 338 g/mol. The molecule has 24 heavy (non-hydrogen) atoms. The summed E-state index contributed by atoms with van der Waals surface area (Å²) < 4.78 is 18.3. The van der Waals surface area contributed by atoms with Crippen LogP contribution in [0.25, 0.3) is 0 Å². The van der Waals surface area contributed by atoms with E-state index in [1.165, 1.54) is 0 Å². The molecule has 1 aliphatic heterocycles. The van der Waals surface area contributed by atoms with Crippen LogP contribution in [-0.4, -0.2) is 34.8 Å². The predicted octanol–water partition coefficient (Wildman–Crippen LogP) is 2.53. The summed E-state index contributed by atoms with van der Waals surface area (Å²) in [5.74, 6) is -2.30. The van der Waals surface area contributed by atoms with Crippen molar-refractivity contribution >= 4 is 17.6 Å². The van der Waals surface area contributed by atoms with Crippen molar-refractivity contribution in [3.05, 3.63) is 34.1 Å². The third-order valence-electron chi connectivity index (χ3n) is 3.96. The van der Waals surface area contributed by atoms with Gasteiger partial charge in [-0.25, -0.2) is 4.39 Å². The van der Waals surface area contributed by atoms with Crippen LogP contribution >= 0.6 is 0 Å². The van der Waals surface area contributed by atoms with E-state index in [0.717, 1.165) is 18.2 Å². The van der Waals surface area contributed by atoms with E-state index in [9.17, 15) is 24.1 Å². The van der Waals surface area contributed by atoms with Gasteiger partial charge in [0.15, 0.2) is 0 Å². The van der Waals surface area contributed by atoms with Gasteiger partial charge in [-0.05, 0) is 18.9 Å². The van der Waals surface area contributed by atoms with E-state index in [0.29, 0.717) is 25.9 Å². The third kappa shape index (κ3) is 4.06. The number of nitrogens with zero attached hydrogens (tertiary/aromatic N) is 2. The van der Waals surface area contributed by atoms with E-state index in [2.05, 4.69) is 0 Å². The highest BCUT2D eigenvalue weighted by Crippen LogP contribution is 2.29. The van der Waals surface area contributed by atoms with E-state index in [4.69, 9.17) is 4.74 Å². The van der Waals surface area contributed by atoms with Gasteiger partial charge < -0.3 is 9.64 Å². The first-order chi connectivity index (χ1) is 11.3. The molecule has 0 radical (unpaired) electrons. The number of amides is 1. The number of likely N-dealkylation sites (tertiary alicyclic amines) is 1. The average molecular weight is 338 g/mol. The highest BCUT2D eigenvalue weighted by atomic mass is 19.1. The van der Waals surface area contributed by atoms with Crippen LogP contribution in [0.1, 0.15) is 26.7 Å². The number of halogens is 1. The Kier molecular flexibility index (Phi) is 5.48. The lowest BCUT2D eigenvalue weighted by molar-refractivity contribution is -0.385. The van der Waals surface area contributed by atoms with Crippen molar-refractivity contribution in [2.24, 2.45) is 11.8 Å². The minimum absolute atomic E-state index is 0.0302. The second kappa shape index (κ2) is 7.37. The van der Waals surface area contributed by atoms with Crippen molar-refractivity contribution in [2.45, 2.75) is 26.7 Å². The van der Waals surface area contributed by atoms with Crippen LogP contribution < -0.4 is 4.74 Å². The average Bonchev–Trinajstić information content (AvgIpc) is 2.54. The molecule has 0 aromatic heterocycles. The number of carbonyl (C=O) groups excluding carboxylic acids is 2. The zero-order valence-corrected chi connectivity index (χ0v) is 13.5. The second-order valence-corrected chi connectivity index (χ2v) is 6.04. The molecule has 0 N–H and O–H groups in total. The standard InChI is InChI=1S/C16H19FN2O5/c1-10(2)15(20)18-7-5-11(6-8-18)16(21)24-14-9-12(17)3-4-13(14)19(22)23/h3-4,9-11H,5-8H2,1-2H3. The van der Waals surface area contributed by atoms with Crippen LogP contribution in [0.5, 0.6) is 5.75 Å². The Labute approximate surface area is 138 Å². The second-order valence-electron chi connectivity index (χ2n) is 6.04. The summed E-state index contributed by atoms with van der Waals surface area (Å²) in [6.45, 7) is 4.49. The fourth-order valence-corrected chi connectivity index (χ4v) is 2.61. The Morgan fingerprint density at radius 3 is 2.50 bits per heavy atom. The smallest absolute Gasteiger partial charge is 0.314 e. The number of nitro benzene ring substituents is 1. The first-order valence-corrected chi connectivity index (χ1v) is 7.74. The Morgan fingerprint density at radius 1 is 1.33 bits per heavy atom. The topological polar surface area (TPSA) is 89.8 Å². The number of esters is 1. The fourth-order valence-electron chi connectivity index (χ4n) is 2.61. The van der Waals surface area contributed by atoms with Crippen molar-refractivity contribution in [3.63, 3.8) is 0 Å². The molecule has 0 aliphatic carbocycles. The SMILES string of the molecule is CC(C)C(=O)N1CCC(C(=O)Oc2cc(F)ccc2[N+](=O)[O-])CC1. The van der Waals surface area contributed by atoms with Crippen molar-refractivity contribution in [3.8, 4) is 5.75 Å². The molecule has 1 saturated heterocycles. The molecule has 1 aromatic rings. The summed E-state index contributed by atoms with van der Waals surface area (Å²) in [7, 11) is 0. The predicted molar refractivity (Wildman–Crippen MR) is 82.8 cm³/mol. The zero-order valence-electron chi connectivity index (χ0n) is 13.5. The summed E-state index contributed by atoms with van der Waals surface area (Å²) in [6.07, 6.45) is 0.834. The first kappa shape index (κ1) is 17.8. The van der Waals surface area contributed by atoms with E-state index < -0.39 is 34.1 Å². The van der Waals surface area contributed by atoms with Crippen LogP contribution in [0.4, 0.5) is 10.1 Å². The molecule has 0 bridgehead atoms. The van der Waals surface area contributed by atoms with Crippen molar-refractivity contribution in [1.82, 2.24) is 4.90 Å². The largest absolute Gasteiger partial charge is 0.419 e. The molecule has 0 atom stereocenters. The molecule has 0 saturated carbocycles. The van der Waals surface area contributed by atoms with Gasteiger partial charge in [-0.3, -0.25) is 19.7 Å². The van der Waals surface area contributed by atoms with E-state index in [1.807, 2.05) is 13.8 Å². The Balaban J connectivity index is 2.01. The molecular formula is C16H19FN2O5. The third-order valence-corrected chi connectivity index (χ3v) is 3.96. The lowest BCUT2D eigenvalue weighted by Crippen LogP contribution is -2.42. The first-order valence-electron chi connectivity index (χ1n) is 7.74. The summed E-state index contributed by atoms with van der Waals surface area (Å²) in [6, 6.07) is 2.72. The molecule has 1 heterocycles. The van der Waals surface area contributed by atoms with Crippen LogP contribution in [0.15, 0.2) is 18.2 Å². The molecule has 2 rings (SSSR count). The minimum Gasteiger partial charge on any atom is -0.419 e. The van der Waals surface area contributed by atoms with E-state index in [-0.39, 0.29) is 11.8 Å². The Bertz CT molecular complexity index is 654. The maximum Gasteiger partial charge on any atom is 0.314 e. The molecule has 8 heteroatoms. The lowest BCUT2D eigenvalue weighted by atomic mass is 9.96. The van der Waals surface area contributed by atoms with Crippen LogP contribution in [0.2, 0.25) is 0 Å². The summed E-state index contributed by atoms with van der Waals surface area (Å²) in [4.78, 5) is 36.0. The number of rotatable bonds is 4. The molecule has 7 nitrogen and oxygen atoms in total. The van der Waals surface area contributed by atoms with Crippen molar-refractivity contribution in [1.29, 1.82) is 0 Å². The fraction of sp³-hybridized carbons (Fsp3) is 0.500. The quantitative estimate of drug-likeness (QED) is 0.364. The van der Waals surface area contributed by atoms with Gasteiger partial charge >= 0.3 is 11.7 Å². The van der Waals surface area contributed by atoms with Gasteiger partial charge in [0.2, 0.25) is 11.7 Å². The zero-order chi connectivity index (χ0) is 17.9. The highest BCUT2D eigenvalue weighted by molar-refractivity contribution is 5.79. The maximum absolute atomic E-state index is 13.3. The van der Waals surface area contributed by atoms with Crippen LogP contribution in [0.3, 0.4) is 0 Å². The number of hydrogen-bond donors (Lipinski definition) is 0. The normalized spacial score (nSPS) is 15.4. The Hall–Kier alpha value is -2.51. The number of benzene rings is 1. The highest BCUT2D eigenvalue weighted by Gasteiger charge is 2.30. The van der Waals surface area contributed by atoms with Crippen LogP contribution in [0, 0.1) is 27.8 Å². The molecular weight excluding hydrogens is 319 g/mol. The maximum atomic E-state index is 13.3. The molecule has 0 unspecified atom stereocenters. The van der Waals surface area contributed by atoms with Gasteiger partial charge in [-0.1, -0.05) is 13.8 Å². The number of piperidine rings is 1. The van der Waals surface area contributed by atoms with E-state index in [1.54, 1.807) is 4.90 Å². The van der Waals surface area contributed by atoms with Gasteiger partial charge in [0.05, 0.1) is 10.8 Å². The molecule has 1 aromatic carbocycles. The summed E-state index contributed by atoms with van der Waals surface area (Å²) >= 11 is 0. The summed E-state index contributed by atoms with van der Waals surface area (Å²) in [5.41, 5.74) is -0.461. The van der Waals surface area contributed by atoms with Crippen molar-refractivity contribution in [2.75, 3.05) is 13.1 Å². The number of carbonyl (C=O) groups is 2. The van der Waals surface area contributed by atoms with Crippen LogP contribution in [-0.2, 0) is 9.59 Å². The number of hydrogen-bond acceptors (Lipinski definition) is 5. The lowest BCUT2D eigenvalue weighted by Gasteiger charge is -2.32. The number of ether oxygens (including phenoxy) is 1. The van der Waals surface area contributed by atoms with Gasteiger partial charge in [-0.2, -0.15) is 0 Å². The molecule has 0 spiro atoms. The van der Waals surface area contributed by atoms with Crippen molar-refractivity contribution < 1.29 is 23.6 Å². The van der Waals surface area contributed by atoms with Gasteiger partial charge in [0, 0.05) is 31.1 Å².